The molecule has 0 saturated heterocycles. The lowest BCUT2D eigenvalue weighted by molar-refractivity contribution is 0.312. The Morgan fingerprint density at radius 1 is 1.47 bits per heavy atom. The minimum absolute atomic E-state index is 0.366. The van der Waals surface area contributed by atoms with Crippen LogP contribution in [0.15, 0.2) is 29.5 Å². The Balaban J connectivity index is 4.41. The first-order valence-corrected chi connectivity index (χ1v) is 5.69. The van der Waals surface area contributed by atoms with Gasteiger partial charge in [0, 0.05) is 5.92 Å². The van der Waals surface area contributed by atoms with Crippen LogP contribution >= 0.6 is 0 Å². The van der Waals surface area contributed by atoms with Crippen LogP contribution in [0.25, 0.3) is 0 Å². The minimum Gasteiger partial charge on any atom is -0.411 e. The Bertz CT molecular complexity index is 241. The molecule has 0 rings (SSSR count). The molecule has 2 heteroatoms. The molecule has 1 N–H and O–H groups in total. The molecule has 0 aromatic rings. The van der Waals surface area contributed by atoms with Crippen LogP contribution in [0.3, 0.4) is 0 Å². The van der Waals surface area contributed by atoms with Crippen molar-refractivity contribution in [2.75, 3.05) is 0 Å². The van der Waals surface area contributed by atoms with Gasteiger partial charge < -0.3 is 5.21 Å². The van der Waals surface area contributed by atoms with Crippen LogP contribution in [0.4, 0.5) is 0 Å². The second kappa shape index (κ2) is 8.27. The van der Waals surface area contributed by atoms with E-state index in [-0.39, 0.29) is 0 Å². The quantitative estimate of drug-likeness (QED) is 0.290. The summed E-state index contributed by atoms with van der Waals surface area (Å²) < 4.78 is 0. The van der Waals surface area contributed by atoms with Gasteiger partial charge in [-0.25, -0.2) is 0 Å². The minimum atomic E-state index is 0.366. The van der Waals surface area contributed by atoms with Crippen LogP contribution in [-0.2, 0) is 0 Å². The summed E-state index contributed by atoms with van der Waals surface area (Å²) in [6.07, 6.45) is 7.87. The Labute approximate surface area is 93.4 Å². The lowest BCUT2D eigenvalue weighted by Crippen LogP contribution is -2.13. The van der Waals surface area contributed by atoms with Crippen molar-refractivity contribution < 1.29 is 5.21 Å². The van der Waals surface area contributed by atoms with E-state index in [1.807, 2.05) is 13.0 Å². The Hall–Kier alpha value is -1.05. The predicted octanol–water partition coefficient (Wildman–Crippen LogP) is 4.17. The molecule has 15 heavy (non-hydrogen) atoms. The van der Waals surface area contributed by atoms with Crippen molar-refractivity contribution in [2.24, 2.45) is 11.1 Å². The fourth-order valence-corrected chi connectivity index (χ4v) is 1.54. The molecular weight excluding hydrogens is 186 g/mol. The van der Waals surface area contributed by atoms with E-state index in [1.165, 1.54) is 5.57 Å². The summed E-state index contributed by atoms with van der Waals surface area (Å²) in [6, 6.07) is 0. The third-order valence-electron chi connectivity index (χ3n) is 2.64. The smallest absolute Gasteiger partial charge is 0.0604 e. The highest BCUT2D eigenvalue weighted by molar-refractivity contribution is 5.86. The van der Waals surface area contributed by atoms with Gasteiger partial charge in [0.1, 0.15) is 0 Å². The summed E-state index contributed by atoms with van der Waals surface area (Å²) in [4.78, 5) is 0. The van der Waals surface area contributed by atoms with Gasteiger partial charge in [-0.15, -0.1) is 0 Å². The molecule has 86 valence electrons. The van der Waals surface area contributed by atoms with Gasteiger partial charge in [0.2, 0.25) is 0 Å². The number of allylic oxidation sites excluding steroid dienone is 3. The second-order valence-electron chi connectivity index (χ2n) is 3.83. The van der Waals surface area contributed by atoms with Crippen LogP contribution in [0.5, 0.6) is 0 Å². The van der Waals surface area contributed by atoms with Crippen LogP contribution in [0, 0.1) is 5.92 Å². The molecule has 0 radical (unpaired) electrons. The van der Waals surface area contributed by atoms with Crippen molar-refractivity contribution in [3.63, 3.8) is 0 Å². The van der Waals surface area contributed by atoms with Crippen molar-refractivity contribution in [2.45, 2.75) is 46.5 Å². The molecule has 1 unspecified atom stereocenters. The lowest BCUT2D eigenvalue weighted by Gasteiger charge is -2.14. The largest absolute Gasteiger partial charge is 0.411 e. The SMILES string of the molecule is C=C/C(C)=C/CC(CC)/C(CCC)=N\O. The molecule has 0 aromatic carbocycles. The Morgan fingerprint density at radius 3 is 2.53 bits per heavy atom. The molecule has 0 aliphatic heterocycles. The highest BCUT2D eigenvalue weighted by Crippen LogP contribution is 2.16. The van der Waals surface area contributed by atoms with Crippen molar-refractivity contribution in [3.8, 4) is 0 Å². The van der Waals surface area contributed by atoms with Crippen LogP contribution in [0.2, 0.25) is 0 Å². The van der Waals surface area contributed by atoms with Gasteiger partial charge in [-0.05, 0) is 26.2 Å². The first-order chi connectivity index (χ1) is 7.19. The van der Waals surface area contributed by atoms with Crippen LogP contribution < -0.4 is 0 Å². The maximum absolute atomic E-state index is 8.93. The number of rotatable bonds is 7. The van der Waals surface area contributed by atoms with Crippen LogP contribution in [-0.4, -0.2) is 10.9 Å². The van der Waals surface area contributed by atoms with Gasteiger partial charge >= 0.3 is 0 Å². The van der Waals surface area contributed by atoms with E-state index < -0.39 is 0 Å². The van der Waals surface area contributed by atoms with Crippen molar-refractivity contribution in [1.82, 2.24) is 0 Å². The van der Waals surface area contributed by atoms with E-state index >= 15 is 0 Å². The number of oxime groups is 1. The molecule has 0 saturated carbocycles. The van der Waals surface area contributed by atoms with Gasteiger partial charge in [-0.2, -0.15) is 0 Å². The summed E-state index contributed by atoms with van der Waals surface area (Å²) in [6.45, 7) is 9.98. The summed E-state index contributed by atoms with van der Waals surface area (Å²) in [5.41, 5.74) is 2.11. The normalized spacial score (nSPS) is 15.1. The molecular formula is C13H23NO. The van der Waals surface area contributed by atoms with Gasteiger partial charge in [-0.3, -0.25) is 0 Å². The van der Waals surface area contributed by atoms with E-state index in [4.69, 9.17) is 5.21 Å². The molecule has 0 bridgehead atoms. The zero-order valence-corrected chi connectivity index (χ0v) is 10.2. The molecule has 0 amide bonds. The van der Waals surface area contributed by atoms with Crippen molar-refractivity contribution >= 4 is 5.71 Å². The summed E-state index contributed by atoms with van der Waals surface area (Å²) in [7, 11) is 0. The molecule has 0 heterocycles. The fraction of sp³-hybridized carbons (Fsp3) is 0.615. The molecule has 2 nitrogen and oxygen atoms in total. The average Bonchev–Trinajstić information content (AvgIpc) is 2.27. The van der Waals surface area contributed by atoms with Gasteiger partial charge in [0.15, 0.2) is 0 Å². The third kappa shape index (κ3) is 5.40. The molecule has 0 fully saturated rings. The molecule has 0 spiro atoms. The molecule has 0 aliphatic rings. The summed E-state index contributed by atoms with van der Waals surface area (Å²) in [5.74, 6) is 0.366. The highest BCUT2D eigenvalue weighted by atomic mass is 16.4. The van der Waals surface area contributed by atoms with E-state index in [2.05, 4.69) is 31.7 Å². The lowest BCUT2D eigenvalue weighted by atomic mass is 9.93. The van der Waals surface area contributed by atoms with Crippen LogP contribution in [0.1, 0.15) is 46.5 Å². The number of nitrogens with zero attached hydrogens (tertiary/aromatic N) is 1. The maximum atomic E-state index is 8.93. The third-order valence-corrected chi connectivity index (χ3v) is 2.64. The highest BCUT2D eigenvalue weighted by Gasteiger charge is 2.12. The van der Waals surface area contributed by atoms with E-state index in [9.17, 15) is 0 Å². The topological polar surface area (TPSA) is 32.6 Å². The number of hydrogen-bond acceptors (Lipinski definition) is 2. The van der Waals surface area contributed by atoms with E-state index in [0.717, 1.165) is 31.4 Å². The summed E-state index contributed by atoms with van der Waals surface area (Å²) >= 11 is 0. The second-order valence-corrected chi connectivity index (χ2v) is 3.83. The fourth-order valence-electron chi connectivity index (χ4n) is 1.54. The molecule has 1 atom stereocenters. The first-order valence-electron chi connectivity index (χ1n) is 5.69. The number of hydrogen-bond donors (Lipinski definition) is 1. The maximum Gasteiger partial charge on any atom is 0.0604 e. The van der Waals surface area contributed by atoms with Crippen molar-refractivity contribution in [3.05, 3.63) is 24.3 Å². The summed E-state index contributed by atoms with van der Waals surface area (Å²) in [5, 5.41) is 12.3. The molecule has 0 aliphatic carbocycles. The monoisotopic (exact) mass is 209 g/mol. The van der Waals surface area contributed by atoms with E-state index in [0.29, 0.717) is 5.92 Å². The van der Waals surface area contributed by atoms with E-state index in [1.54, 1.807) is 0 Å². The zero-order valence-electron chi connectivity index (χ0n) is 10.2. The predicted molar refractivity (Wildman–Crippen MR) is 66.5 cm³/mol. The van der Waals surface area contributed by atoms with Crippen molar-refractivity contribution in [1.29, 1.82) is 0 Å². The Morgan fingerprint density at radius 2 is 2.13 bits per heavy atom. The standard InChI is InChI=1S/C13H23NO/c1-5-8-13(14-15)12(7-3)10-9-11(4)6-2/h6,9,12,15H,2,5,7-8,10H2,1,3-4H3/b11-9+,14-13-. The van der Waals surface area contributed by atoms with Gasteiger partial charge in [0.25, 0.3) is 0 Å². The first kappa shape index (κ1) is 13.9. The Kier molecular flexibility index (Phi) is 7.69. The molecule has 0 aromatic heterocycles. The zero-order chi connectivity index (χ0) is 11.7. The van der Waals surface area contributed by atoms with Gasteiger partial charge in [0.05, 0.1) is 5.71 Å². The average molecular weight is 209 g/mol. The van der Waals surface area contributed by atoms with Gasteiger partial charge in [-0.1, -0.05) is 49.7 Å².